The topological polar surface area (TPSA) is 96.0 Å². The van der Waals surface area contributed by atoms with Crippen molar-refractivity contribution >= 4 is 140 Å². The fraction of sp³-hybridized carbons (Fsp3) is 0.0800. The predicted octanol–water partition coefficient (Wildman–Crippen LogP) is 12.9. The molecule has 4 N–H and O–H groups in total. The molecule has 0 atom stereocenters. The van der Waals surface area contributed by atoms with Crippen LogP contribution in [0.1, 0.15) is 34.6 Å². The second-order valence-corrected chi connectivity index (χ2v) is 16.9. The summed E-state index contributed by atoms with van der Waals surface area (Å²) in [5.41, 5.74) is 17.3. The van der Waals surface area contributed by atoms with Crippen molar-refractivity contribution in [1.82, 2.24) is 9.13 Å². The maximum atomic E-state index is 12.4. The van der Waals surface area contributed by atoms with Crippen LogP contribution in [0.4, 0.5) is 0 Å². The highest BCUT2D eigenvalue weighted by Crippen LogP contribution is 2.49. The number of hydrogen-bond acceptors (Lipinski definition) is 4. The third kappa shape index (κ3) is 4.64. The molecule has 0 bridgehead atoms. The number of fused-ring (bicyclic) bond motifs is 20. The first-order chi connectivity index (χ1) is 28.4. The number of amides is 2. The van der Waals surface area contributed by atoms with E-state index in [1.807, 2.05) is 46.9 Å². The van der Waals surface area contributed by atoms with Crippen molar-refractivity contribution in [3.63, 3.8) is 0 Å². The second-order valence-electron chi connectivity index (χ2n) is 14.8. The molecule has 0 spiro atoms. The van der Waals surface area contributed by atoms with E-state index in [0.717, 1.165) is 45.7 Å². The molecule has 0 unspecified atom stereocenters. The number of carbonyl (C=O) groups is 2. The molecule has 2 amide bonds. The van der Waals surface area contributed by atoms with Crippen LogP contribution in [-0.2, 0) is 13.1 Å². The fourth-order valence-electron chi connectivity index (χ4n) is 9.66. The molecule has 8 heteroatoms. The van der Waals surface area contributed by atoms with Gasteiger partial charge in [0.05, 0.1) is 11.0 Å². The van der Waals surface area contributed by atoms with Gasteiger partial charge in [-0.05, 0) is 50.2 Å². The van der Waals surface area contributed by atoms with E-state index in [1.165, 1.54) is 72.9 Å². The molecule has 0 aliphatic heterocycles. The summed E-state index contributed by atoms with van der Waals surface area (Å²) in [6, 6.07) is 46.0. The molecule has 0 saturated carbocycles. The fourth-order valence-corrected chi connectivity index (χ4v) is 12.2. The summed E-state index contributed by atoms with van der Waals surface area (Å²) in [6.07, 6.45) is 0. The van der Waals surface area contributed by atoms with Gasteiger partial charge in [-0.2, -0.15) is 0 Å². The SMILES string of the molecule is CCn1c2cccc(C(N)=O)c2c2c3c4ccccc4sc3c3ccccc3c21.CCn1c2cccc(C(N)=O)c2c2c3c4ccccc4sc3c3ccccc3c21. The van der Waals surface area contributed by atoms with Crippen molar-refractivity contribution in [2.45, 2.75) is 26.9 Å². The molecule has 4 aromatic heterocycles. The minimum atomic E-state index is -0.383. The predicted molar refractivity (Wildman–Crippen MR) is 248 cm³/mol. The van der Waals surface area contributed by atoms with Gasteiger partial charge in [0.25, 0.3) is 0 Å². The van der Waals surface area contributed by atoms with Crippen molar-refractivity contribution < 1.29 is 9.59 Å². The highest BCUT2D eigenvalue weighted by atomic mass is 32.1. The number of aromatic nitrogens is 2. The molecule has 12 rings (SSSR count). The van der Waals surface area contributed by atoms with E-state index in [1.54, 1.807) is 0 Å². The molecule has 0 fully saturated rings. The zero-order valence-corrected chi connectivity index (χ0v) is 33.4. The van der Waals surface area contributed by atoms with Crippen molar-refractivity contribution in [2.24, 2.45) is 11.5 Å². The summed E-state index contributed by atoms with van der Waals surface area (Å²) in [4.78, 5) is 24.7. The molecule has 0 aliphatic carbocycles. The molecule has 12 aromatic rings. The Kier molecular flexibility index (Phi) is 7.67. The Balaban J connectivity index is 0.000000133. The molecular formula is C50H36N4O2S2. The van der Waals surface area contributed by atoms with Crippen LogP contribution in [0.5, 0.6) is 0 Å². The number of nitrogens with zero attached hydrogens (tertiary/aromatic N) is 2. The molecule has 0 aliphatic rings. The molecule has 58 heavy (non-hydrogen) atoms. The molecular weight excluding hydrogens is 753 g/mol. The Labute approximate surface area is 340 Å². The molecule has 4 heterocycles. The van der Waals surface area contributed by atoms with Crippen molar-refractivity contribution in [3.8, 4) is 0 Å². The van der Waals surface area contributed by atoms with E-state index in [4.69, 9.17) is 11.5 Å². The van der Waals surface area contributed by atoms with Crippen LogP contribution in [0.15, 0.2) is 133 Å². The smallest absolute Gasteiger partial charge is 0.249 e. The number of hydrogen-bond donors (Lipinski definition) is 2. The molecule has 0 saturated heterocycles. The first-order valence-electron chi connectivity index (χ1n) is 19.5. The Morgan fingerprint density at radius 3 is 1.17 bits per heavy atom. The van der Waals surface area contributed by atoms with E-state index in [0.29, 0.717) is 11.1 Å². The summed E-state index contributed by atoms with van der Waals surface area (Å²) < 4.78 is 9.70. The highest BCUT2D eigenvalue weighted by molar-refractivity contribution is 7.27. The molecule has 0 radical (unpaired) electrons. The zero-order chi connectivity index (χ0) is 39.4. The summed E-state index contributed by atoms with van der Waals surface area (Å²) in [5, 5.41) is 14.1. The van der Waals surface area contributed by atoms with Crippen molar-refractivity contribution in [2.75, 3.05) is 0 Å². The Morgan fingerprint density at radius 1 is 0.431 bits per heavy atom. The van der Waals surface area contributed by atoms with Gasteiger partial charge in [-0.1, -0.05) is 97.1 Å². The minimum Gasteiger partial charge on any atom is -0.366 e. The minimum absolute atomic E-state index is 0.383. The van der Waals surface area contributed by atoms with Crippen molar-refractivity contribution in [1.29, 1.82) is 0 Å². The van der Waals surface area contributed by atoms with E-state index in [2.05, 4.69) is 132 Å². The van der Waals surface area contributed by atoms with Gasteiger partial charge in [-0.3, -0.25) is 9.59 Å². The Morgan fingerprint density at radius 2 is 0.793 bits per heavy atom. The second kappa shape index (κ2) is 12.9. The van der Waals surface area contributed by atoms with Gasteiger partial charge in [0.1, 0.15) is 0 Å². The van der Waals surface area contributed by atoms with E-state index in [9.17, 15) is 9.59 Å². The van der Waals surface area contributed by atoms with Crippen LogP contribution in [0.2, 0.25) is 0 Å². The van der Waals surface area contributed by atoms with Crippen LogP contribution >= 0.6 is 22.7 Å². The van der Waals surface area contributed by atoms with Gasteiger partial charge in [0.15, 0.2) is 0 Å². The lowest BCUT2D eigenvalue weighted by Gasteiger charge is -2.08. The van der Waals surface area contributed by atoms with Crippen LogP contribution in [0.3, 0.4) is 0 Å². The first kappa shape index (κ1) is 34.5. The standard InChI is InChI=1S/2C25H18N2OS/c2*1-2-27-18-12-7-11-17(25(26)28)20(18)22-21-16-10-5-6-13-19(16)29-24(21)15-9-4-3-8-14(15)23(22)27/h2*3-13H,2H2,1H3,(H2,26,28). The number of aryl methyl sites for hydroxylation is 2. The lowest BCUT2D eigenvalue weighted by molar-refractivity contribution is 0.0993. The number of rotatable bonds is 4. The number of benzene rings is 8. The maximum absolute atomic E-state index is 12.4. The van der Waals surface area contributed by atoms with Gasteiger partial charge < -0.3 is 20.6 Å². The third-order valence-corrected chi connectivity index (χ3v) is 14.3. The normalized spacial score (nSPS) is 12.0. The Hall–Kier alpha value is -6.74. The van der Waals surface area contributed by atoms with Gasteiger partial charge in [-0.25, -0.2) is 0 Å². The maximum Gasteiger partial charge on any atom is 0.249 e. The van der Waals surface area contributed by atoms with Gasteiger partial charge in [0.2, 0.25) is 11.8 Å². The zero-order valence-electron chi connectivity index (χ0n) is 31.8. The third-order valence-electron chi connectivity index (χ3n) is 11.9. The van der Waals surface area contributed by atoms with E-state index < -0.39 is 0 Å². The van der Waals surface area contributed by atoms with Crippen LogP contribution in [0.25, 0.3) is 106 Å². The van der Waals surface area contributed by atoms with E-state index in [-0.39, 0.29) is 11.8 Å². The van der Waals surface area contributed by atoms with Gasteiger partial charge in [0, 0.05) is 119 Å². The Bertz CT molecular complexity index is 3490. The average Bonchev–Trinajstić information content (AvgIpc) is 4.01. The summed E-state index contributed by atoms with van der Waals surface area (Å²) >= 11 is 3.64. The van der Waals surface area contributed by atoms with Crippen LogP contribution in [-0.4, -0.2) is 20.9 Å². The van der Waals surface area contributed by atoms with Crippen LogP contribution in [0, 0.1) is 0 Å². The van der Waals surface area contributed by atoms with Gasteiger partial charge in [-0.15, -0.1) is 22.7 Å². The lowest BCUT2D eigenvalue weighted by atomic mass is 9.98. The number of thiophene rings is 2. The monoisotopic (exact) mass is 788 g/mol. The number of carbonyl (C=O) groups excluding carboxylic acids is 2. The quantitative estimate of drug-likeness (QED) is 0.186. The average molecular weight is 789 g/mol. The first-order valence-corrected chi connectivity index (χ1v) is 21.2. The van der Waals surface area contributed by atoms with Gasteiger partial charge >= 0.3 is 0 Å². The summed E-state index contributed by atoms with van der Waals surface area (Å²) in [7, 11) is 0. The number of primary amides is 2. The van der Waals surface area contributed by atoms with E-state index >= 15 is 0 Å². The molecule has 6 nitrogen and oxygen atoms in total. The summed E-state index contributed by atoms with van der Waals surface area (Å²) in [5.74, 6) is -0.766. The lowest BCUT2D eigenvalue weighted by Crippen LogP contribution is -2.11. The summed E-state index contributed by atoms with van der Waals surface area (Å²) in [6.45, 7) is 5.95. The molecule has 8 aromatic carbocycles. The largest absolute Gasteiger partial charge is 0.366 e. The van der Waals surface area contributed by atoms with Crippen molar-refractivity contribution in [3.05, 3.63) is 145 Å². The van der Waals surface area contributed by atoms with Crippen LogP contribution < -0.4 is 11.5 Å². The highest BCUT2D eigenvalue weighted by Gasteiger charge is 2.25. The number of nitrogens with two attached hydrogens (primary N) is 2. The molecule has 280 valence electrons.